The molecule has 0 unspecified atom stereocenters. The highest BCUT2D eigenvalue weighted by molar-refractivity contribution is 5.88. The highest BCUT2D eigenvalue weighted by Crippen LogP contribution is 2.16. The second-order valence-electron chi connectivity index (χ2n) is 6.25. The Hall–Kier alpha value is -2.36. The Kier molecular flexibility index (Phi) is 4.81. The zero-order valence-corrected chi connectivity index (χ0v) is 13.2. The van der Waals surface area contributed by atoms with Gasteiger partial charge in [-0.05, 0) is 37.1 Å². The van der Waals surface area contributed by atoms with Gasteiger partial charge in [0.05, 0.1) is 6.54 Å². The molecule has 0 aliphatic rings. The van der Waals surface area contributed by atoms with Crippen LogP contribution in [0.2, 0.25) is 0 Å². The number of carbonyl (C=O) groups is 2. The molecule has 2 rings (SSSR count). The molecule has 4 heteroatoms. The van der Waals surface area contributed by atoms with E-state index >= 15 is 0 Å². The molecule has 0 aliphatic heterocycles. The van der Waals surface area contributed by atoms with Crippen LogP contribution < -0.4 is 5.32 Å². The molecule has 1 amide bonds. The fourth-order valence-electron chi connectivity index (χ4n) is 2.12. The first-order chi connectivity index (χ1) is 10.3. The van der Waals surface area contributed by atoms with Crippen molar-refractivity contribution in [3.63, 3.8) is 0 Å². The summed E-state index contributed by atoms with van der Waals surface area (Å²) in [7, 11) is 0. The lowest BCUT2D eigenvalue weighted by atomic mass is 10.0. The van der Waals surface area contributed by atoms with Gasteiger partial charge in [-0.2, -0.15) is 0 Å². The summed E-state index contributed by atoms with van der Waals surface area (Å²) in [6, 6.07) is 13.9. The Labute approximate surface area is 130 Å². The number of Topliss-reactive ketones (excluding diaryl/α,β-unsaturated/α-hetero) is 1. The van der Waals surface area contributed by atoms with E-state index in [-0.39, 0.29) is 12.3 Å². The van der Waals surface area contributed by atoms with Crippen molar-refractivity contribution in [2.75, 3.05) is 6.54 Å². The number of benzene rings is 2. The molecule has 2 aromatic rings. The van der Waals surface area contributed by atoms with Gasteiger partial charge in [-0.25, -0.2) is 4.79 Å². The molecule has 0 bridgehead atoms. The summed E-state index contributed by atoms with van der Waals surface area (Å²) in [5, 5.41) is 4.73. The average Bonchev–Trinajstić information content (AvgIpc) is 2.43. The van der Waals surface area contributed by atoms with E-state index in [1.54, 1.807) is 20.8 Å². The van der Waals surface area contributed by atoms with Gasteiger partial charge in [0.1, 0.15) is 5.60 Å². The smallest absolute Gasteiger partial charge is 0.408 e. The lowest BCUT2D eigenvalue weighted by molar-refractivity contribution is -0.117. The van der Waals surface area contributed by atoms with Crippen LogP contribution in [0.3, 0.4) is 0 Å². The Bertz CT molecular complexity index is 686. The first-order valence-electron chi connectivity index (χ1n) is 7.30. The van der Waals surface area contributed by atoms with E-state index in [1.807, 2.05) is 42.5 Å². The number of rotatable bonds is 4. The lowest BCUT2D eigenvalue weighted by Gasteiger charge is -2.19. The van der Waals surface area contributed by atoms with Crippen LogP contribution in [0, 0.1) is 0 Å². The number of ether oxygens (including phenoxy) is 1. The number of alkyl carbamates (subject to hydrolysis) is 1. The molecule has 4 nitrogen and oxygen atoms in total. The summed E-state index contributed by atoms with van der Waals surface area (Å²) in [6.07, 6.45) is -0.278. The third-order valence-electron chi connectivity index (χ3n) is 3.04. The van der Waals surface area contributed by atoms with Crippen LogP contribution >= 0.6 is 0 Å². The van der Waals surface area contributed by atoms with Crippen LogP contribution in [0.25, 0.3) is 10.8 Å². The minimum atomic E-state index is -0.570. The monoisotopic (exact) mass is 299 g/mol. The molecule has 0 radical (unpaired) electrons. The maximum absolute atomic E-state index is 11.9. The van der Waals surface area contributed by atoms with E-state index in [0.717, 1.165) is 16.3 Å². The van der Waals surface area contributed by atoms with Crippen LogP contribution in [0.1, 0.15) is 26.3 Å². The molecular weight excluding hydrogens is 278 g/mol. The van der Waals surface area contributed by atoms with Gasteiger partial charge in [0.15, 0.2) is 5.78 Å². The summed E-state index contributed by atoms with van der Waals surface area (Å²) in [5.74, 6) is -0.0545. The molecule has 0 aromatic heterocycles. The summed E-state index contributed by atoms with van der Waals surface area (Å²) >= 11 is 0. The predicted octanol–water partition coefficient (Wildman–Crippen LogP) is 3.48. The number of fused-ring (bicyclic) bond motifs is 1. The first kappa shape index (κ1) is 16.0. The van der Waals surface area contributed by atoms with Crippen LogP contribution in [0.4, 0.5) is 4.79 Å². The lowest BCUT2D eigenvalue weighted by Crippen LogP contribution is -2.35. The van der Waals surface area contributed by atoms with E-state index in [2.05, 4.69) is 5.32 Å². The van der Waals surface area contributed by atoms with Crippen LogP contribution in [0.5, 0.6) is 0 Å². The van der Waals surface area contributed by atoms with Gasteiger partial charge in [0.2, 0.25) is 0 Å². The van der Waals surface area contributed by atoms with Gasteiger partial charge in [-0.15, -0.1) is 0 Å². The van der Waals surface area contributed by atoms with Crippen molar-refractivity contribution in [1.29, 1.82) is 0 Å². The van der Waals surface area contributed by atoms with E-state index in [9.17, 15) is 9.59 Å². The third-order valence-corrected chi connectivity index (χ3v) is 3.04. The second-order valence-corrected chi connectivity index (χ2v) is 6.25. The molecule has 0 saturated carbocycles. The fourth-order valence-corrected chi connectivity index (χ4v) is 2.12. The molecule has 0 spiro atoms. The van der Waals surface area contributed by atoms with Crippen molar-refractivity contribution in [3.8, 4) is 0 Å². The number of ketones is 1. The van der Waals surface area contributed by atoms with Crippen molar-refractivity contribution in [1.82, 2.24) is 5.32 Å². The summed E-state index contributed by atoms with van der Waals surface area (Å²) in [6.45, 7) is 5.32. The number of hydrogen-bond acceptors (Lipinski definition) is 3. The minimum absolute atomic E-state index is 0.0261. The Morgan fingerprint density at radius 1 is 1.05 bits per heavy atom. The SMILES string of the molecule is CC(C)(C)OC(=O)NCC(=O)Cc1ccc2ccccc2c1. The first-order valence-corrected chi connectivity index (χ1v) is 7.30. The molecule has 22 heavy (non-hydrogen) atoms. The van der Waals surface area contributed by atoms with Crippen molar-refractivity contribution >= 4 is 22.6 Å². The van der Waals surface area contributed by atoms with Gasteiger partial charge in [0.25, 0.3) is 0 Å². The van der Waals surface area contributed by atoms with E-state index in [4.69, 9.17) is 4.74 Å². The summed E-state index contributed by atoms with van der Waals surface area (Å²) in [5.41, 5.74) is 0.376. The fraction of sp³-hybridized carbons (Fsp3) is 0.333. The molecule has 116 valence electrons. The molecule has 2 aromatic carbocycles. The number of hydrogen-bond donors (Lipinski definition) is 1. The molecule has 0 heterocycles. The van der Waals surface area contributed by atoms with Gasteiger partial charge in [0, 0.05) is 6.42 Å². The molecule has 1 N–H and O–H groups in total. The Morgan fingerprint density at radius 3 is 2.41 bits per heavy atom. The van der Waals surface area contributed by atoms with Crippen molar-refractivity contribution in [2.24, 2.45) is 0 Å². The molecular formula is C18H21NO3. The molecule has 0 atom stereocenters. The van der Waals surface area contributed by atoms with Gasteiger partial charge < -0.3 is 10.1 Å². The average molecular weight is 299 g/mol. The Morgan fingerprint density at radius 2 is 1.73 bits per heavy atom. The van der Waals surface area contributed by atoms with Gasteiger partial charge >= 0.3 is 6.09 Å². The molecule has 0 saturated heterocycles. The normalized spacial score (nSPS) is 11.2. The standard InChI is InChI=1S/C18H21NO3/c1-18(2,3)22-17(21)19-12-16(20)11-13-8-9-14-6-4-5-7-15(14)10-13/h4-10H,11-12H2,1-3H3,(H,19,21). The summed E-state index contributed by atoms with van der Waals surface area (Å²) < 4.78 is 5.09. The minimum Gasteiger partial charge on any atom is -0.444 e. The predicted molar refractivity (Wildman–Crippen MR) is 86.9 cm³/mol. The van der Waals surface area contributed by atoms with E-state index < -0.39 is 11.7 Å². The maximum Gasteiger partial charge on any atom is 0.408 e. The van der Waals surface area contributed by atoms with Crippen LogP contribution in [-0.2, 0) is 16.0 Å². The third kappa shape index (κ3) is 4.88. The van der Waals surface area contributed by atoms with Crippen LogP contribution in [0.15, 0.2) is 42.5 Å². The maximum atomic E-state index is 11.9. The van der Waals surface area contributed by atoms with Crippen LogP contribution in [-0.4, -0.2) is 24.0 Å². The summed E-state index contributed by atoms with van der Waals surface area (Å²) in [4.78, 5) is 23.5. The highest BCUT2D eigenvalue weighted by atomic mass is 16.6. The highest BCUT2D eigenvalue weighted by Gasteiger charge is 2.16. The second kappa shape index (κ2) is 6.60. The number of carbonyl (C=O) groups excluding carboxylic acids is 2. The largest absolute Gasteiger partial charge is 0.444 e. The molecule has 0 fully saturated rings. The number of nitrogens with one attached hydrogen (secondary N) is 1. The zero-order valence-electron chi connectivity index (χ0n) is 13.2. The van der Waals surface area contributed by atoms with E-state index in [0.29, 0.717) is 6.42 Å². The number of amides is 1. The molecule has 0 aliphatic carbocycles. The van der Waals surface area contributed by atoms with Crippen molar-refractivity contribution in [3.05, 3.63) is 48.0 Å². The quantitative estimate of drug-likeness (QED) is 0.940. The van der Waals surface area contributed by atoms with Crippen molar-refractivity contribution in [2.45, 2.75) is 32.8 Å². The Balaban J connectivity index is 1.89. The van der Waals surface area contributed by atoms with Gasteiger partial charge in [-0.1, -0.05) is 42.5 Å². The van der Waals surface area contributed by atoms with Crippen molar-refractivity contribution < 1.29 is 14.3 Å². The topological polar surface area (TPSA) is 55.4 Å². The zero-order chi connectivity index (χ0) is 16.2. The van der Waals surface area contributed by atoms with Gasteiger partial charge in [-0.3, -0.25) is 4.79 Å². The van der Waals surface area contributed by atoms with E-state index in [1.165, 1.54) is 0 Å².